The van der Waals surface area contributed by atoms with Gasteiger partial charge in [-0.15, -0.1) is 0 Å². The first kappa shape index (κ1) is 31.5. The third-order valence-corrected chi connectivity index (χ3v) is 11.2. The van der Waals surface area contributed by atoms with Crippen molar-refractivity contribution >= 4 is 66.7 Å². The summed E-state index contributed by atoms with van der Waals surface area (Å²) in [7, 11) is 0. The van der Waals surface area contributed by atoms with E-state index in [1.54, 1.807) is 0 Å². The quantitative estimate of drug-likeness (QED) is 0.171. The van der Waals surface area contributed by atoms with Crippen molar-refractivity contribution in [2.24, 2.45) is 0 Å². The smallest absolute Gasteiger partial charge is 0.260 e. The zero-order valence-electron chi connectivity index (χ0n) is 30.5. The molecule has 55 heavy (non-hydrogen) atoms. The van der Waals surface area contributed by atoms with E-state index in [4.69, 9.17) is 9.47 Å². The van der Waals surface area contributed by atoms with E-state index in [-0.39, 0.29) is 6.71 Å². The molecule has 4 nitrogen and oxygen atoms in total. The average Bonchev–Trinajstić information content (AvgIpc) is 3.75. The molecule has 0 N–H and O–H groups in total. The number of fused-ring (bicyclic) bond motifs is 10. The highest BCUT2D eigenvalue weighted by molar-refractivity contribution is 6.98. The Labute approximate surface area is 319 Å². The number of ether oxygens (including phenoxy) is 2. The molecule has 5 heteroatoms. The lowest BCUT2D eigenvalue weighted by Crippen LogP contribution is -2.57. The van der Waals surface area contributed by atoms with Gasteiger partial charge in [0.25, 0.3) is 6.71 Å². The lowest BCUT2D eigenvalue weighted by Gasteiger charge is -2.33. The summed E-state index contributed by atoms with van der Waals surface area (Å²) < 4.78 is 18.8. The summed E-state index contributed by atoms with van der Waals surface area (Å²) in [5, 5.41) is 4.83. The molecule has 0 fully saturated rings. The summed E-state index contributed by atoms with van der Waals surface area (Å²) in [4.78, 5) is 0. The van der Waals surface area contributed by atoms with Crippen molar-refractivity contribution in [3.05, 3.63) is 176 Å². The standard InChI is InChI=1S/C48H29BN2O2.C2H6/c1-4-14-30(15-5-1)31-24-46-48-47(25-31)53-45-29-43-37(35-21-11-13-23-41(35)51(43)33-18-8-3-9-19-33)27-39(45)49(48)38-26-36-34-20-10-12-22-40(34)50(32-16-6-2-7-17-32)42(36)28-44(38)52-46;1-2/h1-29H;1-2H3. The Morgan fingerprint density at radius 2 is 0.782 bits per heavy atom. The van der Waals surface area contributed by atoms with E-state index in [1.807, 2.05) is 13.8 Å². The largest absolute Gasteiger partial charge is 0.458 e. The second-order valence-electron chi connectivity index (χ2n) is 14.1. The zero-order chi connectivity index (χ0) is 36.6. The number of para-hydroxylation sites is 4. The van der Waals surface area contributed by atoms with E-state index in [0.29, 0.717) is 0 Å². The van der Waals surface area contributed by atoms with Crippen molar-refractivity contribution in [2.75, 3.05) is 0 Å². The van der Waals surface area contributed by atoms with Crippen LogP contribution in [0.5, 0.6) is 23.0 Å². The molecule has 0 aliphatic carbocycles. The van der Waals surface area contributed by atoms with Crippen LogP contribution in [0.3, 0.4) is 0 Å². The first-order valence-electron chi connectivity index (χ1n) is 19.1. The highest BCUT2D eigenvalue weighted by Crippen LogP contribution is 2.43. The third-order valence-electron chi connectivity index (χ3n) is 11.2. The van der Waals surface area contributed by atoms with Crippen molar-refractivity contribution in [1.82, 2.24) is 9.13 Å². The average molecular weight is 707 g/mol. The van der Waals surface area contributed by atoms with Crippen LogP contribution in [0.15, 0.2) is 176 Å². The summed E-state index contributed by atoms with van der Waals surface area (Å²) in [5.41, 5.74) is 12.4. The van der Waals surface area contributed by atoms with Crippen LogP contribution in [0.1, 0.15) is 13.8 Å². The molecule has 0 unspecified atom stereocenters. The number of aromatic nitrogens is 2. The van der Waals surface area contributed by atoms with Gasteiger partial charge in [0, 0.05) is 50.5 Å². The maximum atomic E-state index is 7.02. The number of hydrogen-bond donors (Lipinski definition) is 0. The van der Waals surface area contributed by atoms with Crippen molar-refractivity contribution < 1.29 is 9.47 Å². The molecule has 2 aliphatic heterocycles. The minimum absolute atomic E-state index is 0.0937. The van der Waals surface area contributed by atoms with E-state index < -0.39 is 0 Å². The predicted molar refractivity (Wildman–Crippen MR) is 230 cm³/mol. The Balaban J connectivity index is 0.00000173. The van der Waals surface area contributed by atoms with Crippen LogP contribution < -0.4 is 25.9 Å². The molecule has 0 atom stereocenters. The van der Waals surface area contributed by atoms with Gasteiger partial charge in [-0.1, -0.05) is 129 Å². The molecule has 0 saturated heterocycles. The Hall–Kier alpha value is -6.98. The zero-order valence-corrected chi connectivity index (χ0v) is 30.5. The molecule has 4 heterocycles. The topological polar surface area (TPSA) is 28.3 Å². The molecule has 260 valence electrons. The van der Waals surface area contributed by atoms with Gasteiger partial charge in [-0.05, 0) is 70.6 Å². The van der Waals surface area contributed by atoms with Crippen molar-refractivity contribution in [1.29, 1.82) is 0 Å². The van der Waals surface area contributed by atoms with Gasteiger partial charge < -0.3 is 18.6 Å². The van der Waals surface area contributed by atoms with Gasteiger partial charge in [-0.3, -0.25) is 0 Å². The molecule has 12 rings (SSSR count). The van der Waals surface area contributed by atoms with Crippen LogP contribution in [0.25, 0.3) is 66.1 Å². The van der Waals surface area contributed by atoms with E-state index in [0.717, 1.165) is 72.9 Å². The first-order valence-corrected chi connectivity index (χ1v) is 19.1. The molecule has 0 saturated carbocycles. The second kappa shape index (κ2) is 12.3. The highest BCUT2D eigenvalue weighted by atomic mass is 16.5. The summed E-state index contributed by atoms with van der Waals surface area (Å²) >= 11 is 0. The van der Waals surface area contributed by atoms with Gasteiger partial charge >= 0.3 is 0 Å². The lowest BCUT2D eigenvalue weighted by atomic mass is 9.34. The van der Waals surface area contributed by atoms with Crippen LogP contribution in [0.2, 0.25) is 0 Å². The number of nitrogens with zero attached hydrogens (tertiary/aromatic N) is 2. The van der Waals surface area contributed by atoms with Crippen LogP contribution in [-0.4, -0.2) is 15.8 Å². The van der Waals surface area contributed by atoms with Gasteiger partial charge in [0.2, 0.25) is 0 Å². The molecule has 10 aromatic rings. The highest BCUT2D eigenvalue weighted by Gasteiger charge is 2.41. The molecule has 0 bridgehead atoms. The third kappa shape index (κ3) is 4.66. The fourth-order valence-electron chi connectivity index (χ4n) is 8.93. The monoisotopic (exact) mass is 706 g/mol. The molecule has 0 spiro atoms. The Morgan fingerprint density at radius 1 is 0.364 bits per heavy atom. The van der Waals surface area contributed by atoms with Crippen LogP contribution in [0.4, 0.5) is 0 Å². The molecule has 8 aromatic carbocycles. The second-order valence-corrected chi connectivity index (χ2v) is 14.1. The van der Waals surface area contributed by atoms with Gasteiger partial charge in [0.1, 0.15) is 23.0 Å². The van der Waals surface area contributed by atoms with Crippen molar-refractivity contribution in [2.45, 2.75) is 13.8 Å². The minimum atomic E-state index is -0.0937. The summed E-state index contributed by atoms with van der Waals surface area (Å²) in [5.74, 6) is 3.40. The molecule has 2 aromatic heterocycles. The minimum Gasteiger partial charge on any atom is -0.458 e. The molecule has 2 aliphatic rings. The van der Waals surface area contributed by atoms with Crippen LogP contribution >= 0.6 is 0 Å². The Morgan fingerprint density at radius 3 is 1.25 bits per heavy atom. The Bertz CT molecular complexity index is 2920. The van der Waals surface area contributed by atoms with Crippen LogP contribution in [-0.2, 0) is 0 Å². The summed E-state index contributed by atoms with van der Waals surface area (Å²) in [6, 6.07) is 62.8. The van der Waals surface area contributed by atoms with Gasteiger partial charge in [-0.25, -0.2) is 0 Å². The predicted octanol–water partition coefficient (Wildman–Crippen LogP) is 11.3. The summed E-state index contributed by atoms with van der Waals surface area (Å²) in [6.45, 7) is 3.91. The molecule has 0 amide bonds. The van der Waals surface area contributed by atoms with Gasteiger partial charge in [0.15, 0.2) is 0 Å². The SMILES string of the molecule is CC.c1ccc(-c2cc3c4c(c2)Oc2cc5c(cc2B4c2cc4c6ccccc6n(-c6ccccc6)c4cc2O3)c2ccccc2n5-c2ccccc2)cc1. The molecule has 0 radical (unpaired) electrons. The maximum Gasteiger partial charge on any atom is 0.260 e. The molecular formula is C50H35BN2O2. The fraction of sp³-hybridized carbons (Fsp3) is 0.0400. The number of hydrogen-bond acceptors (Lipinski definition) is 2. The van der Waals surface area contributed by atoms with Gasteiger partial charge in [-0.2, -0.15) is 0 Å². The maximum absolute atomic E-state index is 7.02. The lowest BCUT2D eigenvalue weighted by molar-refractivity contribution is 0.465. The first-order chi connectivity index (χ1) is 27.3. The van der Waals surface area contributed by atoms with E-state index in [9.17, 15) is 0 Å². The van der Waals surface area contributed by atoms with E-state index >= 15 is 0 Å². The summed E-state index contributed by atoms with van der Waals surface area (Å²) in [6.07, 6.45) is 0. The fourth-order valence-corrected chi connectivity index (χ4v) is 8.93. The number of benzene rings is 8. The van der Waals surface area contributed by atoms with E-state index in [1.165, 1.54) is 32.6 Å². The normalized spacial score (nSPS) is 12.4. The van der Waals surface area contributed by atoms with Crippen LogP contribution in [0, 0.1) is 0 Å². The number of rotatable bonds is 3. The Kier molecular flexibility index (Phi) is 7.05. The molecular weight excluding hydrogens is 671 g/mol. The van der Waals surface area contributed by atoms with Crippen molar-refractivity contribution in [3.8, 4) is 45.5 Å². The van der Waals surface area contributed by atoms with E-state index in [2.05, 4.69) is 185 Å². The van der Waals surface area contributed by atoms with Gasteiger partial charge in [0.05, 0.1) is 22.1 Å². The van der Waals surface area contributed by atoms with Crippen molar-refractivity contribution in [3.63, 3.8) is 0 Å².